The summed E-state index contributed by atoms with van der Waals surface area (Å²) >= 11 is 0. The molecule has 1 heterocycles. The fourth-order valence-corrected chi connectivity index (χ4v) is 3.02. The molecule has 0 bridgehead atoms. The van der Waals surface area contributed by atoms with E-state index in [1.54, 1.807) is 0 Å². The Bertz CT molecular complexity index is 803. The summed E-state index contributed by atoms with van der Waals surface area (Å²) in [5, 5.41) is 9.62. The number of halogens is 2. The first-order valence-electron chi connectivity index (χ1n) is 8.67. The number of hydrogen-bond acceptors (Lipinski definition) is 4. The minimum Gasteiger partial charge on any atom is -0.435 e. The fourth-order valence-electron chi connectivity index (χ4n) is 3.02. The summed E-state index contributed by atoms with van der Waals surface area (Å²) in [6, 6.07) is 5.72. The first-order chi connectivity index (χ1) is 13.0. The van der Waals surface area contributed by atoms with Crippen LogP contribution in [0.15, 0.2) is 36.7 Å². The number of alkyl halides is 2. The molecule has 2 aromatic rings. The van der Waals surface area contributed by atoms with Crippen molar-refractivity contribution in [3.8, 4) is 5.75 Å². The van der Waals surface area contributed by atoms with Crippen LogP contribution in [0.2, 0.25) is 0 Å². The van der Waals surface area contributed by atoms with Crippen molar-refractivity contribution in [2.24, 2.45) is 0 Å². The second-order valence-electron chi connectivity index (χ2n) is 6.34. The molecule has 0 saturated heterocycles. The van der Waals surface area contributed by atoms with Crippen molar-refractivity contribution in [1.29, 1.82) is 0 Å². The van der Waals surface area contributed by atoms with Crippen molar-refractivity contribution >= 4 is 17.5 Å². The molecule has 2 amide bonds. The third-order valence-corrected chi connectivity index (χ3v) is 4.24. The van der Waals surface area contributed by atoms with E-state index in [1.807, 2.05) is 0 Å². The van der Waals surface area contributed by atoms with Crippen LogP contribution in [0.4, 0.5) is 14.5 Å². The number of amides is 2. The summed E-state index contributed by atoms with van der Waals surface area (Å²) in [5.74, 6) is -0.721. The molecule has 3 rings (SSSR count). The molecular weight excluding hydrogens is 358 g/mol. The highest BCUT2D eigenvalue weighted by Crippen LogP contribution is 2.18. The zero-order valence-corrected chi connectivity index (χ0v) is 14.5. The number of hydrogen-bond donors (Lipinski definition) is 2. The van der Waals surface area contributed by atoms with Gasteiger partial charge in [0, 0.05) is 17.8 Å². The maximum atomic E-state index is 12.3. The lowest BCUT2D eigenvalue weighted by Crippen LogP contribution is -2.35. The number of aromatic nitrogens is 2. The topological polar surface area (TPSA) is 85.2 Å². The van der Waals surface area contributed by atoms with Crippen LogP contribution in [0.1, 0.15) is 36.0 Å². The first kappa shape index (κ1) is 18.8. The SMILES string of the molecule is O=C(Cn1cc(NC(=O)c2cccc(OC(F)F)c2)cn1)NC1CCCC1. The average molecular weight is 378 g/mol. The lowest BCUT2D eigenvalue weighted by atomic mass is 10.2. The van der Waals surface area contributed by atoms with Crippen LogP contribution in [-0.2, 0) is 11.3 Å². The predicted molar refractivity (Wildman–Crippen MR) is 93.7 cm³/mol. The Labute approximate surface area is 154 Å². The fraction of sp³-hybridized carbons (Fsp3) is 0.389. The van der Waals surface area contributed by atoms with Crippen molar-refractivity contribution in [3.63, 3.8) is 0 Å². The second-order valence-corrected chi connectivity index (χ2v) is 6.34. The molecule has 0 unspecified atom stereocenters. The summed E-state index contributed by atoms with van der Waals surface area (Å²) < 4.78 is 30.2. The minimum atomic E-state index is -2.96. The Hall–Kier alpha value is -2.97. The maximum absolute atomic E-state index is 12.3. The molecule has 1 aliphatic rings. The van der Waals surface area contributed by atoms with Crippen molar-refractivity contribution in [2.45, 2.75) is 44.9 Å². The van der Waals surface area contributed by atoms with Gasteiger partial charge in [0.05, 0.1) is 11.9 Å². The molecule has 27 heavy (non-hydrogen) atoms. The summed E-state index contributed by atoms with van der Waals surface area (Å²) in [6.07, 6.45) is 7.21. The van der Waals surface area contributed by atoms with E-state index >= 15 is 0 Å². The Kier molecular flexibility index (Phi) is 6.00. The highest BCUT2D eigenvalue weighted by Gasteiger charge is 2.17. The van der Waals surface area contributed by atoms with Crippen LogP contribution in [0.3, 0.4) is 0 Å². The Morgan fingerprint density at radius 3 is 2.81 bits per heavy atom. The lowest BCUT2D eigenvalue weighted by Gasteiger charge is -2.11. The molecule has 0 aliphatic heterocycles. The van der Waals surface area contributed by atoms with Crippen LogP contribution in [0, 0.1) is 0 Å². The molecule has 0 radical (unpaired) electrons. The molecule has 1 aromatic carbocycles. The van der Waals surface area contributed by atoms with Gasteiger partial charge in [-0.1, -0.05) is 18.9 Å². The monoisotopic (exact) mass is 378 g/mol. The largest absolute Gasteiger partial charge is 0.435 e. The summed E-state index contributed by atoms with van der Waals surface area (Å²) in [6.45, 7) is -2.90. The molecule has 144 valence electrons. The molecule has 1 saturated carbocycles. The average Bonchev–Trinajstić information content (AvgIpc) is 3.26. The van der Waals surface area contributed by atoms with E-state index in [4.69, 9.17) is 0 Å². The molecule has 1 aliphatic carbocycles. The molecule has 2 N–H and O–H groups in total. The van der Waals surface area contributed by atoms with Gasteiger partial charge in [-0.2, -0.15) is 13.9 Å². The van der Waals surface area contributed by atoms with E-state index in [2.05, 4.69) is 20.5 Å². The van der Waals surface area contributed by atoms with Crippen LogP contribution >= 0.6 is 0 Å². The summed E-state index contributed by atoms with van der Waals surface area (Å²) in [7, 11) is 0. The van der Waals surface area contributed by atoms with Gasteiger partial charge in [0.15, 0.2) is 0 Å². The van der Waals surface area contributed by atoms with E-state index in [0.29, 0.717) is 5.69 Å². The molecule has 9 heteroatoms. The Balaban J connectivity index is 1.55. The van der Waals surface area contributed by atoms with E-state index in [1.165, 1.54) is 41.3 Å². The van der Waals surface area contributed by atoms with Crippen LogP contribution in [0.25, 0.3) is 0 Å². The third kappa shape index (κ3) is 5.50. The van der Waals surface area contributed by atoms with Crippen molar-refractivity contribution < 1.29 is 23.1 Å². The van der Waals surface area contributed by atoms with E-state index in [0.717, 1.165) is 25.7 Å². The highest BCUT2D eigenvalue weighted by molar-refractivity contribution is 6.04. The summed E-state index contributed by atoms with van der Waals surface area (Å²) in [5.41, 5.74) is 0.564. The molecule has 0 atom stereocenters. The van der Waals surface area contributed by atoms with E-state index < -0.39 is 12.5 Å². The van der Waals surface area contributed by atoms with Crippen LogP contribution in [-0.4, -0.2) is 34.2 Å². The summed E-state index contributed by atoms with van der Waals surface area (Å²) in [4.78, 5) is 24.3. The molecular formula is C18H20F2N4O3. The van der Waals surface area contributed by atoms with Gasteiger partial charge in [-0.15, -0.1) is 0 Å². The smallest absolute Gasteiger partial charge is 0.387 e. The number of carbonyl (C=O) groups is 2. The number of benzene rings is 1. The number of rotatable bonds is 7. The van der Waals surface area contributed by atoms with Gasteiger partial charge in [-0.3, -0.25) is 14.3 Å². The molecule has 0 spiro atoms. The molecule has 1 fully saturated rings. The number of nitrogens with zero attached hydrogens (tertiary/aromatic N) is 2. The highest BCUT2D eigenvalue weighted by atomic mass is 19.3. The number of nitrogens with one attached hydrogen (secondary N) is 2. The molecule has 7 nitrogen and oxygen atoms in total. The van der Waals surface area contributed by atoms with E-state index in [9.17, 15) is 18.4 Å². The van der Waals surface area contributed by atoms with Crippen molar-refractivity contribution in [1.82, 2.24) is 15.1 Å². The van der Waals surface area contributed by atoms with Crippen LogP contribution < -0.4 is 15.4 Å². The van der Waals surface area contributed by atoms with E-state index in [-0.39, 0.29) is 29.8 Å². The van der Waals surface area contributed by atoms with Gasteiger partial charge in [0.2, 0.25) is 5.91 Å². The standard InChI is InChI=1S/C18H20F2N4O3/c19-18(20)27-15-7-3-4-12(8-15)17(26)23-14-9-21-24(10-14)11-16(25)22-13-5-1-2-6-13/h3-4,7-10,13,18H,1-2,5-6,11H2,(H,22,25)(H,23,26). The Morgan fingerprint density at radius 2 is 2.07 bits per heavy atom. The number of carbonyl (C=O) groups excluding carboxylic acids is 2. The van der Waals surface area contributed by atoms with Gasteiger partial charge in [0.1, 0.15) is 12.3 Å². The van der Waals surface area contributed by atoms with Gasteiger partial charge in [-0.25, -0.2) is 0 Å². The zero-order chi connectivity index (χ0) is 19.2. The quantitative estimate of drug-likeness (QED) is 0.776. The number of anilines is 1. The normalized spacial score (nSPS) is 14.3. The van der Waals surface area contributed by atoms with Gasteiger partial charge in [0.25, 0.3) is 5.91 Å². The predicted octanol–water partition coefficient (Wildman–Crippen LogP) is 2.80. The minimum absolute atomic E-state index is 0.0596. The Morgan fingerprint density at radius 1 is 1.30 bits per heavy atom. The third-order valence-electron chi connectivity index (χ3n) is 4.24. The second kappa shape index (κ2) is 8.61. The molecule has 1 aromatic heterocycles. The maximum Gasteiger partial charge on any atom is 0.387 e. The van der Waals surface area contributed by atoms with Gasteiger partial charge < -0.3 is 15.4 Å². The van der Waals surface area contributed by atoms with Gasteiger partial charge in [-0.05, 0) is 31.0 Å². The van der Waals surface area contributed by atoms with Gasteiger partial charge >= 0.3 is 6.61 Å². The first-order valence-corrected chi connectivity index (χ1v) is 8.67. The van der Waals surface area contributed by atoms with Crippen LogP contribution in [0.5, 0.6) is 5.75 Å². The zero-order valence-electron chi connectivity index (χ0n) is 14.5. The number of ether oxygens (including phenoxy) is 1. The van der Waals surface area contributed by atoms with Crippen molar-refractivity contribution in [2.75, 3.05) is 5.32 Å². The lowest BCUT2D eigenvalue weighted by molar-refractivity contribution is -0.122. The van der Waals surface area contributed by atoms with Crippen molar-refractivity contribution in [3.05, 3.63) is 42.2 Å².